The van der Waals surface area contributed by atoms with Gasteiger partial charge in [-0.2, -0.15) is 0 Å². The van der Waals surface area contributed by atoms with Gasteiger partial charge in [-0.3, -0.25) is 10.1 Å². The van der Waals surface area contributed by atoms with E-state index in [9.17, 15) is 10.1 Å². The van der Waals surface area contributed by atoms with E-state index in [-0.39, 0.29) is 16.0 Å². The first-order valence-corrected chi connectivity index (χ1v) is 4.73. The molecule has 0 fully saturated rings. The molecular formula is C5H2Cl2IN3O2. The monoisotopic (exact) mass is 333 g/mol. The van der Waals surface area contributed by atoms with Crippen molar-refractivity contribution in [2.45, 2.75) is 0 Å². The number of aromatic nitrogens is 1. The highest BCUT2D eigenvalue weighted by Gasteiger charge is 2.23. The molecule has 0 atom stereocenters. The fraction of sp³-hybridized carbons (Fsp3) is 0. The first kappa shape index (κ1) is 10.7. The first-order chi connectivity index (χ1) is 5.95. The minimum Gasteiger partial charge on any atom is -0.392 e. The maximum absolute atomic E-state index is 10.5. The maximum Gasteiger partial charge on any atom is 0.330 e. The lowest BCUT2D eigenvalue weighted by molar-refractivity contribution is -0.384. The van der Waals surface area contributed by atoms with Gasteiger partial charge < -0.3 is 5.73 Å². The normalized spacial score (nSPS) is 10.1. The zero-order valence-electron chi connectivity index (χ0n) is 5.92. The Morgan fingerprint density at radius 3 is 2.46 bits per heavy atom. The lowest BCUT2D eigenvalue weighted by Crippen LogP contribution is -2.01. The van der Waals surface area contributed by atoms with Gasteiger partial charge in [-0.1, -0.05) is 23.2 Å². The summed E-state index contributed by atoms with van der Waals surface area (Å²) in [5.74, 6) is 0. The highest BCUT2D eigenvalue weighted by molar-refractivity contribution is 14.1. The second-order valence-electron chi connectivity index (χ2n) is 2.03. The third-order valence-corrected chi connectivity index (χ3v) is 3.19. The van der Waals surface area contributed by atoms with Crippen molar-refractivity contribution < 1.29 is 4.92 Å². The number of nitro groups is 1. The van der Waals surface area contributed by atoms with E-state index in [1.807, 2.05) is 0 Å². The molecule has 2 N–H and O–H groups in total. The molecular weight excluding hydrogens is 332 g/mol. The van der Waals surface area contributed by atoms with Crippen LogP contribution >= 0.6 is 45.8 Å². The van der Waals surface area contributed by atoms with E-state index in [0.29, 0.717) is 3.57 Å². The van der Waals surface area contributed by atoms with Gasteiger partial charge in [0.25, 0.3) is 0 Å². The third kappa shape index (κ3) is 1.94. The molecule has 0 amide bonds. The zero-order valence-corrected chi connectivity index (χ0v) is 9.59. The predicted octanol–water partition coefficient (Wildman–Crippen LogP) is 2.48. The average molecular weight is 334 g/mol. The molecule has 0 aliphatic rings. The van der Waals surface area contributed by atoms with Crippen LogP contribution in [0.3, 0.4) is 0 Å². The van der Waals surface area contributed by atoms with Crippen molar-refractivity contribution in [1.82, 2.24) is 4.98 Å². The average Bonchev–Trinajstić information content (AvgIpc) is 1.99. The molecule has 1 heterocycles. The quantitative estimate of drug-likeness (QED) is 0.370. The van der Waals surface area contributed by atoms with Crippen LogP contribution in [0.4, 0.5) is 11.4 Å². The second-order valence-corrected chi connectivity index (χ2v) is 3.82. The molecule has 70 valence electrons. The smallest absolute Gasteiger partial charge is 0.330 e. The van der Waals surface area contributed by atoms with Crippen LogP contribution in [0, 0.1) is 13.7 Å². The molecule has 0 unspecified atom stereocenters. The molecule has 0 aromatic carbocycles. The van der Waals surface area contributed by atoms with E-state index in [0.717, 1.165) is 0 Å². The van der Waals surface area contributed by atoms with Crippen molar-refractivity contribution in [3.05, 3.63) is 24.0 Å². The zero-order chi connectivity index (χ0) is 10.2. The van der Waals surface area contributed by atoms with Crippen LogP contribution in [-0.4, -0.2) is 9.91 Å². The van der Waals surface area contributed by atoms with Crippen LogP contribution in [0.25, 0.3) is 0 Å². The highest BCUT2D eigenvalue weighted by atomic mass is 127. The Balaban J connectivity index is 3.53. The van der Waals surface area contributed by atoms with Crippen molar-refractivity contribution in [3.63, 3.8) is 0 Å². The molecule has 1 aromatic heterocycles. The highest BCUT2D eigenvalue weighted by Crippen LogP contribution is 2.35. The molecule has 0 aliphatic heterocycles. The third-order valence-electron chi connectivity index (χ3n) is 1.25. The number of anilines is 1. The fourth-order valence-electron chi connectivity index (χ4n) is 0.688. The Morgan fingerprint density at radius 2 is 2.00 bits per heavy atom. The number of hydrogen-bond acceptors (Lipinski definition) is 4. The molecule has 13 heavy (non-hydrogen) atoms. The summed E-state index contributed by atoms with van der Waals surface area (Å²) in [6.45, 7) is 0. The SMILES string of the molecule is Nc1c(I)c(Cl)nc(Cl)c1[N+](=O)[O-]. The minimum atomic E-state index is -0.691. The van der Waals surface area contributed by atoms with Crippen LogP contribution in [0.15, 0.2) is 0 Å². The van der Waals surface area contributed by atoms with Gasteiger partial charge in [0.05, 0.1) is 8.49 Å². The molecule has 0 radical (unpaired) electrons. The summed E-state index contributed by atoms with van der Waals surface area (Å²) in [6.07, 6.45) is 0. The van der Waals surface area contributed by atoms with E-state index in [1.165, 1.54) is 0 Å². The Hall–Kier alpha value is -0.340. The van der Waals surface area contributed by atoms with Crippen molar-refractivity contribution in [2.75, 3.05) is 5.73 Å². The van der Waals surface area contributed by atoms with Gasteiger partial charge in [-0.15, -0.1) is 0 Å². The van der Waals surface area contributed by atoms with Crippen molar-refractivity contribution in [2.24, 2.45) is 0 Å². The summed E-state index contributed by atoms with van der Waals surface area (Å²) >= 11 is 12.8. The van der Waals surface area contributed by atoms with Crippen molar-refractivity contribution in [3.8, 4) is 0 Å². The summed E-state index contributed by atoms with van der Waals surface area (Å²) < 4.78 is 0.329. The van der Waals surface area contributed by atoms with Gasteiger partial charge in [0.15, 0.2) is 0 Å². The number of hydrogen-bond donors (Lipinski definition) is 1. The maximum atomic E-state index is 10.5. The van der Waals surface area contributed by atoms with E-state index >= 15 is 0 Å². The molecule has 0 bridgehead atoms. The van der Waals surface area contributed by atoms with Crippen LogP contribution in [-0.2, 0) is 0 Å². The fourth-order valence-corrected chi connectivity index (χ4v) is 1.55. The Bertz CT molecular complexity index is 385. The molecule has 5 nitrogen and oxygen atoms in total. The Labute approximate surface area is 96.5 Å². The van der Waals surface area contributed by atoms with Crippen molar-refractivity contribution >= 4 is 57.2 Å². The molecule has 1 rings (SSSR count). The number of nitrogen functional groups attached to an aromatic ring is 1. The largest absolute Gasteiger partial charge is 0.392 e. The van der Waals surface area contributed by atoms with E-state index in [4.69, 9.17) is 28.9 Å². The number of halogens is 3. The number of nitrogens with zero attached hydrogens (tertiary/aromatic N) is 2. The molecule has 0 spiro atoms. The van der Waals surface area contributed by atoms with Gasteiger partial charge in [0.1, 0.15) is 10.8 Å². The van der Waals surface area contributed by atoms with Crippen LogP contribution in [0.5, 0.6) is 0 Å². The molecule has 8 heteroatoms. The molecule has 0 saturated heterocycles. The second kappa shape index (κ2) is 3.81. The summed E-state index contributed by atoms with van der Waals surface area (Å²) in [4.78, 5) is 13.3. The summed E-state index contributed by atoms with van der Waals surface area (Å²) in [6, 6.07) is 0. The standard InChI is InChI=1S/C5H2Cl2IN3O2/c6-4-1(8)2(9)3(11(12)13)5(7)10-4/h(H2,9,10). The number of rotatable bonds is 1. The molecule has 0 aliphatic carbocycles. The summed E-state index contributed by atoms with van der Waals surface area (Å²) in [7, 11) is 0. The van der Waals surface area contributed by atoms with Crippen LogP contribution in [0.2, 0.25) is 10.3 Å². The Kier molecular flexibility index (Phi) is 3.14. The molecule has 0 saturated carbocycles. The van der Waals surface area contributed by atoms with Gasteiger partial charge in [0, 0.05) is 0 Å². The van der Waals surface area contributed by atoms with Crippen LogP contribution in [0.1, 0.15) is 0 Å². The summed E-state index contributed by atoms with van der Waals surface area (Å²) in [5, 5.41) is 10.2. The predicted molar refractivity (Wildman–Crippen MR) is 58.0 cm³/mol. The lowest BCUT2D eigenvalue weighted by atomic mass is 10.4. The van der Waals surface area contributed by atoms with E-state index < -0.39 is 10.6 Å². The van der Waals surface area contributed by atoms with Crippen molar-refractivity contribution in [1.29, 1.82) is 0 Å². The molecule has 1 aromatic rings. The number of nitrogens with two attached hydrogens (primary N) is 1. The van der Waals surface area contributed by atoms with Gasteiger partial charge in [-0.05, 0) is 22.6 Å². The lowest BCUT2D eigenvalue weighted by Gasteiger charge is -2.02. The van der Waals surface area contributed by atoms with Gasteiger partial charge in [0.2, 0.25) is 5.15 Å². The van der Waals surface area contributed by atoms with E-state index in [1.54, 1.807) is 22.6 Å². The van der Waals surface area contributed by atoms with Crippen LogP contribution < -0.4 is 5.73 Å². The minimum absolute atomic E-state index is 0.0596. The van der Waals surface area contributed by atoms with Gasteiger partial charge >= 0.3 is 5.69 Å². The topological polar surface area (TPSA) is 82.0 Å². The Morgan fingerprint density at radius 1 is 1.46 bits per heavy atom. The summed E-state index contributed by atoms with van der Waals surface area (Å²) in [5.41, 5.74) is 4.96. The number of pyridine rings is 1. The van der Waals surface area contributed by atoms with E-state index in [2.05, 4.69) is 4.98 Å². The first-order valence-electron chi connectivity index (χ1n) is 2.89. The van der Waals surface area contributed by atoms with Gasteiger partial charge in [-0.25, -0.2) is 4.98 Å².